The minimum absolute atomic E-state index is 0.00421. The van der Waals surface area contributed by atoms with Crippen LogP contribution < -0.4 is 10.6 Å². The lowest BCUT2D eigenvalue weighted by Gasteiger charge is -2.05. The number of carbonyl (C=O) groups is 2. The zero-order chi connectivity index (χ0) is 36.8. The van der Waals surface area contributed by atoms with E-state index in [4.69, 9.17) is 9.97 Å². The van der Waals surface area contributed by atoms with Crippen molar-refractivity contribution >= 4 is 44.8 Å². The average molecular weight is 741 g/mol. The van der Waals surface area contributed by atoms with Gasteiger partial charge in [-0.15, -0.1) is 22.7 Å². The molecular formula is C45H48N4O2S2. The monoisotopic (exact) mass is 740 g/mol. The lowest BCUT2D eigenvalue weighted by Crippen LogP contribution is -2.11. The summed E-state index contributed by atoms with van der Waals surface area (Å²) in [5, 5.41) is 7.44. The number of hydrogen-bond acceptors (Lipinski definition) is 6. The van der Waals surface area contributed by atoms with E-state index < -0.39 is 0 Å². The van der Waals surface area contributed by atoms with Crippen LogP contribution in [0.4, 0.5) is 10.3 Å². The third-order valence-electron chi connectivity index (χ3n) is 9.18. The molecule has 2 N–H and O–H groups in total. The molecule has 0 fully saturated rings. The van der Waals surface area contributed by atoms with Gasteiger partial charge in [0.05, 0.1) is 11.4 Å². The number of hydrogen-bond donors (Lipinski definition) is 2. The van der Waals surface area contributed by atoms with Crippen LogP contribution in [0.3, 0.4) is 0 Å². The molecule has 272 valence electrons. The molecule has 0 radical (unpaired) electrons. The van der Waals surface area contributed by atoms with Gasteiger partial charge in [-0.05, 0) is 47.9 Å². The number of nitrogens with zero attached hydrogens (tertiary/aromatic N) is 2. The number of aryl methyl sites for hydroxylation is 2. The molecule has 0 aliphatic heterocycles. The lowest BCUT2D eigenvalue weighted by atomic mass is 10.0. The Hall–Kier alpha value is -4.92. The molecule has 4 aromatic carbocycles. The van der Waals surface area contributed by atoms with E-state index in [1.165, 1.54) is 32.0 Å². The maximum Gasteiger partial charge on any atom is 0.226 e. The molecule has 2 heterocycles. The van der Waals surface area contributed by atoms with Crippen molar-refractivity contribution in [3.05, 3.63) is 119 Å². The Bertz CT molecular complexity index is 1900. The first-order valence-corrected chi connectivity index (χ1v) is 20.5. The SMILES string of the molecule is CCCc1sc(NC(=O)CCCCCCCC(=O)Nc2nc(-c3ccc(-c4ccccc4)cc3)c(CCC)s2)nc1-c1ccc(-c2ccccc2)cc1. The van der Waals surface area contributed by atoms with Crippen molar-refractivity contribution in [3.8, 4) is 44.8 Å². The van der Waals surface area contributed by atoms with E-state index in [1.807, 2.05) is 12.1 Å². The molecule has 6 rings (SSSR count). The maximum atomic E-state index is 12.8. The Balaban J connectivity index is 0.913. The highest BCUT2D eigenvalue weighted by Crippen LogP contribution is 2.35. The fourth-order valence-corrected chi connectivity index (χ4v) is 8.62. The molecule has 0 spiro atoms. The van der Waals surface area contributed by atoms with Crippen LogP contribution in [0.5, 0.6) is 0 Å². The van der Waals surface area contributed by atoms with Crippen molar-refractivity contribution in [3.63, 3.8) is 0 Å². The summed E-state index contributed by atoms with van der Waals surface area (Å²) < 4.78 is 0. The van der Waals surface area contributed by atoms with Gasteiger partial charge in [-0.1, -0.05) is 155 Å². The molecule has 2 amide bonds. The summed E-state index contributed by atoms with van der Waals surface area (Å²) in [5.74, 6) is 0.00842. The van der Waals surface area contributed by atoms with Gasteiger partial charge in [-0.2, -0.15) is 0 Å². The van der Waals surface area contributed by atoms with Crippen LogP contribution in [0.2, 0.25) is 0 Å². The van der Waals surface area contributed by atoms with E-state index in [0.29, 0.717) is 23.1 Å². The van der Waals surface area contributed by atoms with Crippen molar-refractivity contribution in [2.75, 3.05) is 10.6 Å². The fourth-order valence-electron chi connectivity index (χ4n) is 6.42. The topological polar surface area (TPSA) is 84.0 Å². The van der Waals surface area contributed by atoms with Crippen molar-refractivity contribution in [1.82, 2.24) is 9.97 Å². The van der Waals surface area contributed by atoms with E-state index >= 15 is 0 Å². The van der Waals surface area contributed by atoms with Gasteiger partial charge in [0.15, 0.2) is 10.3 Å². The van der Waals surface area contributed by atoms with E-state index in [9.17, 15) is 9.59 Å². The van der Waals surface area contributed by atoms with Gasteiger partial charge < -0.3 is 10.6 Å². The largest absolute Gasteiger partial charge is 0.302 e. The Kier molecular flexibility index (Phi) is 13.7. The molecule has 6 aromatic rings. The fraction of sp³-hybridized carbons (Fsp3) is 0.289. The summed E-state index contributed by atoms with van der Waals surface area (Å²) in [6.07, 6.45) is 9.33. The maximum absolute atomic E-state index is 12.8. The van der Waals surface area contributed by atoms with Gasteiger partial charge >= 0.3 is 0 Å². The van der Waals surface area contributed by atoms with Crippen molar-refractivity contribution in [1.29, 1.82) is 0 Å². The van der Waals surface area contributed by atoms with E-state index in [2.05, 4.69) is 122 Å². The molecule has 0 bridgehead atoms. The zero-order valence-corrected chi connectivity index (χ0v) is 32.3. The summed E-state index contributed by atoms with van der Waals surface area (Å²) in [7, 11) is 0. The Morgan fingerprint density at radius 1 is 0.472 bits per heavy atom. The van der Waals surface area contributed by atoms with Gasteiger partial charge in [0.2, 0.25) is 11.8 Å². The smallest absolute Gasteiger partial charge is 0.226 e. The van der Waals surface area contributed by atoms with Crippen LogP contribution >= 0.6 is 22.7 Å². The van der Waals surface area contributed by atoms with Gasteiger partial charge in [-0.25, -0.2) is 9.97 Å². The van der Waals surface area contributed by atoms with Gasteiger partial charge in [0, 0.05) is 33.7 Å². The molecule has 2 aromatic heterocycles. The van der Waals surface area contributed by atoms with Crippen LogP contribution in [-0.2, 0) is 22.4 Å². The molecule has 8 heteroatoms. The molecule has 0 unspecified atom stereocenters. The summed E-state index contributed by atoms with van der Waals surface area (Å²) in [6, 6.07) is 37.7. The number of anilines is 2. The second-order valence-electron chi connectivity index (χ2n) is 13.3. The highest BCUT2D eigenvalue weighted by Gasteiger charge is 2.16. The number of thiazole rings is 2. The third kappa shape index (κ3) is 10.6. The van der Waals surface area contributed by atoms with Crippen molar-refractivity contribution in [2.45, 2.75) is 84.5 Å². The second-order valence-corrected chi connectivity index (χ2v) is 15.5. The van der Waals surface area contributed by atoms with Gasteiger partial charge in [-0.3, -0.25) is 9.59 Å². The Morgan fingerprint density at radius 3 is 1.19 bits per heavy atom. The quantitative estimate of drug-likeness (QED) is 0.0859. The molecule has 0 aliphatic rings. The summed E-state index contributed by atoms with van der Waals surface area (Å²) >= 11 is 3.16. The standard InChI is InChI=1S/C45H48N4O2S2/c1-3-16-38-42(36-28-24-34(25-29-36)32-18-10-8-11-19-32)48-44(52-38)46-40(50)22-14-6-5-7-15-23-41(51)47-45-49-43(39(53-45)17-4-2)37-30-26-35(27-31-37)33-20-12-9-13-21-33/h8-13,18-21,24-31H,3-7,14-17,22-23H2,1-2H3,(H,46,48,50)(H,47,49,51). The molecule has 6 nitrogen and oxygen atoms in total. The predicted octanol–water partition coefficient (Wildman–Crippen LogP) is 12.5. The number of nitrogens with one attached hydrogen (secondary N) is 2. The van der Waals surface area contributed by atoms with Gasteiger partial charge in [0.25, 0.3) is 0 Å². The summed E-state index contributed by atoms with van der Waals surface area (Å²) in [6.45, 7) is 4.33. The minimum Gasteiger partial charge on any atom is -0.302 e. The highest BCUT2D eigenvalue weighted by atomic mass is 32.1. The van der Waals surface area contributed by atoms with Crippen molar-refractivity contribution in [2.24, 2.45) is 0 Å². The van der Waals surface area contributed by atoms with E-state index in [0.717, 1.165) is 80.3 Å². The van der Waals surface area contributed by atoms with E-state index in [-0.39, 0.29) is 11.8 Å². The van der Waals surface area contributed by atoms with Crippen LogP contribution in [0.1, 0.15) is 81.4 Å². The number of rotatable bonds is 18. The molecule has 0 atom stereocenters. The Morgan fingerprint density at radius 2 is 0.811 bits per heavy atom. The molecule has 0 saturated heterocycles. The normalized spacial score (nSPS) is 11.1. The second kappa shape index (κ2) is 19.2. The number of carbonyl (C=O) groups excluding carboxylic acids is 2. The van der Waals surface area contributed by atoms with Crippen LogP contribution in [0.15, 0.2) is 109 Å². The van der Waals surface area contributed by atoms with Crippen molar-refractivity contribution < 1.29 is 9.59 Å². The first-order valence-electron chi connectivity index (χ1n) is 18.9. The zero-order valence-electron chi connectivity index (χ0n) is 30.7. The van der Waals surface area contributed by atoms with Crippen LogP contribution in [-0.4, -0.2) is 21.8 Å². The summed E-state index contributed by atoms with van der Waals surface area (Å²) in [4.78, 5) is 37.7. The number of aromatic nitrogens is 2. The molecular weight excluding hydrogens is 693 g/mol. The Labute approximate surface area is 321 Å². The number of amides is 2. The van der Waals surface area contributed by atoms with E-state index in [1.54, 1.807) is 22.7 Å². The minimum atomic E-state index is 0.00421. The van der Waals surface area contributed by atoms with Crippen LogP contribution in [0, 0.1) is 0 Å². The lowest BCUT2D eigenvalue weighted by molar-refractivity contribution is -0.117. The first-order chi connectivity index (χ1) is 26.0. The number of benzene rings is 4. The van der Waals surface area contributed by atoms with Crippen LogP contribution in [0.25, 0.3) is 44.8 Å². The molecule has 53 heavy (non-hydrogen) atoms. The molecule has 0 aliphatic carbocycles. The average Bonchev–Trinajstić information content (AvgIpc) is 3.78. The molecule has 0 saturated carbocycles. The predicted molar refractivity (Wildman–Crippen MR) is 224 cm³/mol. The van der Waals surface area contributed by atoms with Gasteiger partial charge in [0.1, 0.15) is 0 Å². The highest BCUT2D eigenvalue weighted by molar-refractivity contribution is 7.16. The third-order valence-corrected chi connectivity index (χ3v) is 11.2. The first kappa shape index (κ1) is 37.8. The number of unbranched alkanes of at least 4 members (excludes halogenated alkanes) is 4. The summed E-state index contributed by atoms with van der Waals surface area (Å²) in [5.41, 5.74) is 8.78.